The highest BCUT2D eigenvalue weighted by Gasteiger charge is 2.68. The Labute approximate surface area is 348 Å². The number of phenolic OH excluding ortho intramolecular Hbond substituents is 1. The first-order valence-corrected chi connectivity index (χ1v) is 19.8. The number of nitrogens with zero attached hydrogens (tertiary/aromatic N) is 6. The molecule has 2 aliphatic heterocycles. The second-order valence-electron chi connectivity index (χ2n) is 15.6. The zero-order valence-electron chi connectivity index (χ0n) is 34.1. The van der Waals surface area contributed by atoms with Crippen LogP contribution in [0.1, 0.15) is 40.8 Å². The fraction of sp³-hybridized carbons (Fsp3) is 0.289. The summed E-state index contributed by atoms with van der Waals surface area (Å²) >= 11 is 0. The van der Waals surface area contributed by atoms with Crippen molar-refractivity contribution in [3.05, 3.63) is 150 Å². The van der Waals surface area contributed by atoms with Gasteiger partial charge < -0.3 is 23.9 Å². The van der Waals surface area contributed by atoms with Gasteiger partial charge in [-0.3, -0.25) is 19.8 Å². The third-order valence-corrected chi connectivity index (χ3v) is 12.5. The number of fused-ring (bicyclic) bond motifs is 5. The van der Waals surface area contributed by atoms with Gasteiger partial charge in [0.15, 0.2) is 23.0 Å². The number of anilines is 1. The molecule has 6 aromatic rings. The summed E-state index contributed by atoms with van der Waals surface area (Å²) in [6, 6.07) is 23.8. The van der Waals surface area contributed by atoms with E-state index in [0.717, 1.165) is 15.1 Å². The molecule has 3 aliphatic rings. The van der Waals surface area contributed by atoms with Gasteiger partial charge in [-0.2, -0.15) is 5.01 Å². The number of imide groups is 1. The van der Waals surface area contributed by atoms with Crippen LogP contribution in [-0.4, -0.2) is 66.7 Å². The molecule has 0 spiro atoms. The Morgan fingerprint density at radius 1 is 0.852 bits per heavy atom. The molecule has 61 heavy (non-hydrogen) atoms. The normalized spacial score (nSPS) is 20.5. The number of hydrogen-bond donors (Lipinski definition) is 2. The van der Waals surface area contributed by atoms with Crippen molar-refractivity contribution < 1.29 is 28.9 Å². The van der Waals surface area contributed by atoms with Crippen molar-refractivity contribution in [1.29, 1.82) is 0 Å². The van der Waals surface area contributed by atoms with Crippen LogP contribution in [0.3, 0.4) is 0 Å². The van der Waals surface area contributed by atoms with Gasteiger partial charge in [-0.25, -0.2) is 28.5 Å². The number of amides is 2. The molecular formula is C45H43N7O9. The second-order valence-corrected chi connectivity index (χ2v) is 15.6. The fourth-order valence-corrected chi connectivity index (χ4v) is 9.60. The van der Waals surface area contributed by atoms with Crippen LogP contribution in [0, 0.1) is 12.8 Å². The average Bonchev–Trinajstić information content (AvgIpc) is 3.64. The zero-order chi connectivity index (χ0) is 42.9. The summed E-state index contributed by atoms with van der Waals surface area (Å²) in [5, 5.41) is 12.2. The Morgan fingerprint density at radius 2 is 1.56 bits per heavy atom. The first-order valence-electron chi connectivity index (χ1n) is 19.8. The van der Waals surface area contributed by atoms with Crippen LogP contribution in [0.4, 0.5) is 5.69 Å². The molecule has 9 rings (SSSR count). The maximum Gasteiger partial charge on any atom is 0.347 e. The van der Waals surface area contributed by atoms with Crippen LogP contribution in [0.2, 0.25) is 0 Å². The molecule has 0 radical (unpaired) electrons. The molecule has 2 N–H and O–H groups in total. The quantitative estimate of drug-likeness (QED) is 0.151. The molecule has 4 heterocycles. The SMILES string of the molecule is COc1ccc(C2C3=CCn4c(=O)n(CCc5nc6cc(OC)c(OC)cc6n(C)c5=O)c(=O)n4C3CC3C(=O)N(Nc4ccc(C)cc4)C(=O)C32c2ccccc2)cc1O. The predicted octanol–water partition coefficient (Wildman–Crippen LogP) is 3.96. The molecule has 2 aromatic heterocycles. The number of hydrazine groups is 1. The van der Waals surface area contributed by atoms with Crippen LogP contribution in [0.5, 0.6) is 23.0 Å². The number of aryl methyl sites for hydroxylation is 3. The molecule has 1 saturated heterocycles. The molecule has 1 aliphatic carbocycles. The van der Waals surface area contributed by atoms with Crippen molar-refractivity contribution in [2.45, 2.75) is 50.2 Å². The van der Waals surface area contributed by atoms with Crippen LogP contribution < -0.4 is 36.6 Å². The van der Waals surface area contributed by atoms with E-state index in [0.29, 0.717) is 44.9 Å². The molecule has 1 saturated carbocycles. The summed E-state index contributed by atoms with van der Waals surface area (Å²) in [4.78, 5) is 77.3. The maximum absolute atomic E-state index is 15.4. The highest BCUT2D eigenvalue weighted by molar-refractivity contribution is 6.12. The number of aromatic hydroxyl groups is 1. The van der Waals surface area contributed by atoms with E-state index in [9.17, 15) is 24.3 Å². The Balaban J connectivity index is 1.17. The second kappa shape index (κ2) is 14.7. The smallest absolute Gasteiger partial charge is 0.347 e. The van der Waals surface area contributed by atoms with E-state index in [-0.39, 0.29) is 43.1 Å². The third kappa shape index (κ3) is 5.87. The Kier molecular flexibility index (Phi) is 9.44. The highest BCUT2D eigenvalue weighted by Crippen LogP contribution is 2.62. The van der Waals surface area contributed by atoms with E-state index in [1.807, 2.05) is 55.5 Å². The molecule has 16 nitrogen and oxygen atoms in total. The van der Waals surface area contributed by atoms with Crippen molar-refractivity contribution in [3.63, 3.8) is 0 Å². The van der Waals surface area contributed by atoms with Gasteiger partial charge in [0.05, 0.1) is 62.0 Å². The average molecular weight is 826 g/mol. The van der Waals surface area contributed by atoms with Gasteiger partial charge in [-0.1, -0.05) is 60.2 Å². The molecule has 2 fully saturated rings. The standard InChI is InChI=1S/C45H43N7O9/c1-25-11-14-28(15-12-25)47-51-40(54)30-22-33-29(39(26-13-16-36(59-3)35(53)21-26)45(30,42(51)56)27-9-7-6-8-10-27)17-20-50-43(57)49(44(58)52(33)50)19-18-31-41(55)48(2)34-24-38(61-5)37(60-4)23-32(34)46-31/h6-17,21,23-24,30,33,39,47,53H,18-20,22H2,1-5H3. The number of allylic oxidation sites excluding steroid dienone is 2. The molecule has 4 unspecified atom stereocenters. The molecule has 2 amide bonds. The van der Waals surface area contributed by atoms with Gasteiger partial charge in [0.1, 0.15) is 5.69 Å². The monoisotopic (exact) mass is 825 g/mol. The van der Waals surface area contributed by atoms with Crippen molar-refractivity contribution in [1.82, 2.24) is 28.5 Å². The fourth-order valence-electron chi connectivity index (χ4n) is 9.60. The minimum Gasteiger partial charge on any atom is -0.504 e. The largest absolute Gasteiger partial charge is 0.504 e. The lowest BCUT2D eigenvalue weighted by molar-refractivity contribution is -0.138. The minimum absolute atomic E-state index is 0.00254. The van der Waals surface area contributed by atoms with Gasteiger partial charge in [-0.15, -0.1) is 0 Å². The Morgan fingerprint density at radius 3 is 2.25 bits per heavy atom. The molecule has 4 aromatic carbocycles. The van der Waals surface area contributed by atoms with E-state index in [1.54, 1.807) is 43.4 Å². The first-order chi connectivity index (χ1) is 29.4. The predicted molar refractivity (Wildman–Crippen MR) is 224 cm³/mol. The van der Waals surface area contributed by atoms with Crippen LogP contribution in [0.15, 0.2) is 111 Å². The van der Waals surface area contributed by atoms with Gasteiger partial charge in [0.25, 0.3) is 17.4 Å². The van der Waals surface area contributed by atoms with Crippen LogP contribution in [-0.2, 0) is 41.6 Å². The van der Waals surface area contributed by atoms with E-state index < -0.39 is 52.0 Å². The number of carbonyl (C=O) groups is 2. The molecule has 4 atom stereocenters. The molecule has 312 valence electrons. The third-order valence-electron chi connectivity index (χ3n) is 12.5. The Bertz CT molecular complexity index is 2980. The summed E-state index contributed by atoms with van der Waals surface area (Å²) in [5.41, 5.74) is 4.28. The summed E-state index contributed by atoms with van der Waals surface area (Å²) in [6.45, 7) is 1.75. The van der Waals surface area contributed by atoms with E-state index in [2.05, 4.69) is 10.4 Å². The van der Waals surface area contributed by atoms with Crippen LogP contribution in [0.25, 0.3) is 11.0 Å². The lowest BCUT2D eigenvalue weighted by Gasteiger charge is -2.49. The number of aromatic nitrogens is 5. The van der Waals surface area contributed by atoms with Crippen molar-refractivity contribution in [2.24, 2.45) is 13.0 Å². The number of benzene rings is 4. The summed E-state index contributed by atoms with van der Waals surface area (Å²) in [5.74, 6) is -2.03. The van der Waals surface area contributed by atoms with E-state index >= 15 is 4.79 Å². The van der Waals surface area contributed by atoms with Gasteiger partial charge in [0.2, 0.25) is 0 Å². The summed E-state index contributed by atoms with van der Waals surface area (Å²) in [6.07, 6.45) is 1.80. The topological polar surface area (TPSA) is 181 Å². The number of hydrogen-bond acceptors (Lipinski definition) is 11. The zero-order valence-corrected chi connectivity index (χ0v) is 34.1. The maximum atomic E-state index is 15.4. The number of methoxy groups -OCH3 is 3. The molecule has 16 heteroatoms. The van der Waals surface area contributed by atoms with Crippen molar-refractivity contribution in [3.8, 4) is 23.0 Å². The van der Waals surface area contributed by atoms with Crippen molar-refractivity contribution >= 4 is 28.5 Å². The lowest BCUT2D eigenvalue weighted by Crippen LogP contribution is -2.53. The highest BCUT2D eigenvalue weighted by atomic mass is 16.5. The van der Waals surface area contributed by atoms with Gasteiger partial charge >= 0.3 is 11.4 Å². The Hall–Kier alpha value is -7.36. The summed E-state index contributed by atoms with van der Waals surface area (Å²) in [7, 11) is 6.04. The van der Waals surface area contributed by atoms with Crippen LogP contribution >= 0.6 is 0 Å². The number of phenols is 1. The van der Waals surface area contributed by atoms with Gasteiger partial charge in [-0.05, 0) is 54.3 Å². The summed E-state index contributed by atoms with van der Waals surface area (Å²) < 4.78 is 21.5. The van der Waals surface area contributed by atoms with Gasteiger partial charge in [0, 0.05) is 38.1 Å². The van der Waals surface area contributed by atoms with E-state index in [1.165, 1.54) is 41.3 Å². The number of ether oxygens (including phenoxy) is 3. The molecular weight excluding hydrogens is 783 g/mol. The number of nitrogens with one attached hydrogen (secondary N) is 1. The lowest BCUT2D eigenvalue weighted by atomic mass is 9.53. The first kappa shape index (κ1) is 39.1. The molecule has 0 bridgehead atoms. The minimum atomic E-state index is -1.54. The number of rotatable bonds is 10. The van der Waals surface area contributed by atoms with Crippen molar-refractivity contribution in [2.75, 3.05) is 26.8 Å². The van der Waals surface area contributed by atoms with E-state index in [4.69, 9.17) is 14.2 Å². The number of carbonyl (C=O) groups excluding carboxylic acids is 2.